The Morgan fingerprint density at radius 2 is 2.42 bits per heavy atom. The molecule has 0 fully saturated rings. The molecule has 1 aromatic rings. The van der Waals surface area contributed by atoms with Gasteiger partial charge in [0.05, 0.1) is 0 Å². The fraction of sp³-hybridized carbons (Fsp3) is 0.125. The third kappa shape index (κ3) is 4.51. The molecular formula is C8H9AgNOS. The molecule has 4 heteroatoms. The van der Waals surface area contributed by atoms with E-state index in [-0.39, 0.29) is 28.3 Å². The van der Waals surface area contributed by atoms with E-state index < -0.39 is 0 Å². The van der Waals surface area contributed by atoms with E-state index in [9.17, 15) is 4.79 Å². The van der Waals surface area contributed by atoms with Crippen molar-refractivity contribution in [3.63, 3.8) is 0 Å². The Morgan fingerprint density at radius 3 is 2.92 bits per heavy atom. The molecule has 0 spiro atoms. The summed E-state index contributed by atoms with van der Waals surface area (Å²) in [6.07, 6.45) is 3.51. The maximum atomic E-state index is 10.4. The number of carbonyl (C=O) groups excluding carboxylic acids is 1. The molecule has 0 atom stereocenters. The van der Waals surface area contributed by atoms with Gasteiger partial charge >= 0.3 is 0 Å². The third-order valence-electron chi connectivity index (χ3n) is 1.08. The molecule has 69 valence electrons. The third-order valence-corrected chi connectivity index (χ3v) is 1.91. The van der Waals surface area contributed by atoms with Crippen molar-refractivity contribution in [3.05, 3.63) is 28.6 Å². The minimum atomic E-state index is -0.0437. The Labute approximate surface area is 91.2 Å². The zero-order chi connectivity index (χ0) is 8.10. The number of hydrogen-bond acceptors (Lipinski definition) is 2. The van der Waals surface area contributed by atoms with Gasteiger partial charge in [0, 0.05) is 40.4 Å². The Bertz CT molecular complexity index is 256. The van der Waals surface area contributed by atoms with Gasteiger partial charge in [-0.15, -0.1) is 11.3 Å². The van der Waals surface area contributed by atoms with Crippen LogP contribution in [-0.2, 0) is 27.2 Å². The van der Waals surface area contributed by atoms with Gasteiger partial charge in [0.2, 0.25) is 5.91 Å². The van der Waals surface area contributed by atoms with E-state index in [1.54, 1.807) is 17.5 Å². The van der Waals surface area contributed by atoms with Crippen molar-refractivity contribution in [2.45, 2.75) is 6.92 Å². The van der Waals surface area contributed by atoms with Gasteiger partial charge in [-0.25, -0.2) is 0 Å². The summed E-state index contributed by atoms with van der Waals surface area (Å²) in [7, 11) is 0. The summed E-state index contributed by atoms with van der Waals surface area (Å²) in [4.78, 5) is 11.6. The molecule has 1 radical (unpaired) electrons. The van der Waals surface area contributed by atoms with Crippen LogP contribution in [0.25, 0.3) is 6.08 Å². The van der Waals surface area contributed by atoms with Crippen molar-refractivity contribution in [3.8, 4) is 0 Å². The van der Waals surface area contributed by atoms with E-state index in [0.29, 0.717) is 0 Å². The van der Waals surface area contributed by atoms with Crippen LogP contribution in [-0.4, -0.2) is 5.91 Å². The molecule has 0 aliphatic carbocycles. The number of rotatable bonds is 2. The molecule has 0 aliphatic heterocycles. The van der Waals surface area contributed by atoms with E-state index in [1.807, 2.05) is 23.6 Å². The largest absolute Gasteiger partial charge is 0.333 e. The summed E-state index contributed by atoms with van der Waals surface area (Å²) < 4.78 is 0. The van der Waals surface area contributed by atoms with Gasteiger partial charge in [0.15, 0.2) is 0 Å². The van der Waals surface area contributed by atoms with Crippen LogP contribution >= 0.6 is 11.3 Å². The molecule has 12 heavy (non-hydrogen) atoms. The topological polar surface area (TPSA) is 29.1 Å². The van der Waals surface area contributed by atoms with E-state index in [0.717, 1.165) is 4.88 Å². The van der Waals surface area contributed by atoms with Crippen LogP contribution in [0.15, 0.2) is 23.7 Å². The molecule has 1 N–H and O–H groups in total. The average Bonchev–Trinajstić information content (AvgIpc) is 2.39. The summed E-state index contributed by atoms with van der Waals surface area (Å²) >= 11 is 1.64. The molecule has 0 saturated carbocycles. The molecule has 2 nitrogen and oxygen atoms in total. The van der Waals surface area contributed by atoms with E-state index in [1.165, 1.54) is 6.92 Å². The van der Waals surface area contributed by atoms with Gasteiger partial charge in [0.25, 0.3) is 0 Å². The first-order valence-corrected chi connectivity index (χ1v) is 4.14. The van der Waals surface area contributed by atoms with Crippen LogP contribution < -0.4 is 5.32 Å². The van der Waals surface area contributed by atoms with E-state index in [4.69, 9.17) is 0 Å². The molecular weight excluding hydrogens is 266 g/mol. The fourth-order valence-corrected chi connectivity index (χ4v) is 1.25. The predicted molar refractivity (Wildman–Crippen MR) is 47.2 cm³/mol. The van der Waals surface area contributed by atoms with Crippen LogP contribution in [0.3, 0.4) is 0 Å². The van der Waals surface area contributed by atoms with Gasteiger partial charge < -0.3 is 5.32 Å². The molecule has 0 saturated heterocycles. The SMILES string of the molecule is CC(=O)NC=Cc1cccs1.[Ag]. The predicted octanol–water partition coefficient (Wildman–Crippen LogP) is 1.85. The van der Waals surface area contributed by atoms with Gasteiger partial charge in [-0.1, -0.05) is 6.07 Å². The Morgan fingerprint density at radius 1 is 1.67 bits per heavy atom. The second-order valence-electron chi connectivity index (χ2n) is 2.05. The maximum Gasteiger partial charge on any atom is 0.220 e. The first-order valence-electron chi connectivity index (χ1n) is 3.26. The monoisotopic (exact) mass is 274 g/mol. The second kappa shape index (κ2) is 6.20. The minimum Gasteiger partial charge on any atom is -0.333 e. The van der Waals surface area contributed by atoms with Gasteiger partial charge in [-0.2, -0.15) is 0 Å². The van der Waals surface area contributed by atoms with Crippen molar-refractivity contribution in [1.82, 2.24) is 5.32 Å². The van der Waals surface area contributed by atoms with Gasteiger partial charge in [-0.05, 0) is 17.5 Å². The molecule has 0 aromatic carbocycles. The summed E-state index contributed by atoms with van der Waals surface area (Å²) in [6.45, 7) is 1.48. The summed E-state index contributed by atoms with van der Waals surface area (Å²) in [5.41, 5.74) is 0. The van der Waals surface area contributed by atoms with Crippen LogP contribution in [0.5, 0.6) is 0 Å². The van der Waals surface area contributed by atoms with Crippen LogP contribution in [0.2, 0.25) is 0 Å². The van der Waals surface area contributed by atoms with Crippen LogP contribution in [0.1, 0.15) is 11.8 Å². The molecule has 0 bridgehead atoms. The number of thiophene rings is 1. The summed E-state index contributed by atoms with van der Waals surface area (Å²) in [5.74, 6) is -0.0437. The van der Waals surface area contributed by atoms with Gasteiger partial charge in [0.1, 0.15) is 0 Å². The van der Waals surface area contributed by atoms with Crippen molar-refractivity contribution in [2.24, 2.45) is 0 Å². The van der Waals surface area contributed by atoms with Crippen molar-refractivity contribution in [2.75, 3.05) is 0 Å². The standard InChI is InChI=1S/C8H9NOS.Ag/c1-7(10)9-5-4-8-3-2-6-11-8;/h2-6H,1H3,(H,9,10);. The first kappa shape index (κ1) is 11.7. The van der Waals surface area contributed by atoms with Crippen molar-refractivity contribution < 1.29 is 27.2 Å². The van der Waals surface area contributed by atoms with E-state index in [2.05, 4.69) is 5.32 Å². The second-order valence-corrected chi connectivity index (χ2v) is 3.03. The Hall–Kier alpha value is -0.350. The van der Waals surface area contributed by atoms with Crippen LogP contribution in [0.4, 0.5) is 0 Å². The van der Waals surface area contributed by atoms with Crippen molar-refractivity contribution >= 4 is 23.3 Å². The maximum absolute atomic E-state index is 10.4. The molecule has 1 rings (SSSR count). The zero-order valence-corrected chi connectivity index (χ0v) is 8.80. The molecule has 1 heterocycles. The number of carbonyl (C=O) groups is 1. The summed E-state index contributed by atoms with van der Waals surface area (Å²) in [6, 6.07) is 3.96. The first-order chi connectivity index (χ1) is 5.29. The normalized spacial score (nSPS) is 9.42. The summed E-state index contributed by atoms with van der Waals surface area (Å²) in [5, 5.41) is 4.56. The van der Waals surface area contributed by atoms with Crippen molar-refractivity contribution in [1.29, 1.82) is 0 Å². The zero-order valence-electron chi connectivity index (χ0n) is 6.50. The fourth-order valence-electron chi connectivity index (χ4n) is 0.627. The number of nitrogens with one attached hydrogen (secondary N) is 1. The number of hydrogen-bond donors (Lipinski definition) is 1. The quantitative estimate of drug-likeness (QED) is 0.820. The van der Waals surface area contributed by atoms with Gasteiger partial charge in [-0.3, -0.25) is 4.79 Å². The Kier molecular flexibility index (Phi) is 6.02. The molecule has 1 amide bonds. The average molecular weight is 275 g/mol. The molecule has 0 unspecified atom stereocenters. The number of amides is 1. The molecule has 1 aromatic heterocycles. The van der Waals surface area contributed by atoms with Crippen LogP contribution in [0, 0.1) is 0 Å². The smallest absolute Gasteiger partial charge is 0.220 e. The Balaban J connectivity index is 0.00000121. The van der Waals surface area contributed by atoms with E-state index >= 15 is 0 Å². The minimum absolute atomic E-state index is 0. The molecule has 0 aliphatic rings.